The van der Waals surface area contributed by atoms with Crippen LogP contribution in [0.15, 0.2) is 53.5 Å². The lowest BCUT2D eigenvalue weighted by Gasteiger charge is -2.14. The summed E-state index contributed by atoms with van der Waals surface area (Å²) in [5, 5.41) is 7.41. The molecule has 30 heavy (non-hydrogen) atoms. The maximum Gasteiger partial charge on any atom is 0.325 e. The number of rotatable bonds is 5. The third-order valence-electron chi connectivity index (χ3n) is 4.62. The van der Waals surface area contributed by atoms with E-state index in [1.54, 1.807) is 23.9 Å². The van der Waals surface area contributed by atoms with Crippen molar-refractivity contribution < 1.29 is 9.53 Å². The SMILES string of the molecule is COc1ccc2nc(NC(=O)Nc3cn(CC(C)C)c(=O)c4ccccc34)sc2c1. The molecule has 0 radical (unpaired) electrons. The van der Waals surface area contributed by atoms with Crippen LogP contribution >= 0.6 is 11.3 Å². The minimum Gasteiger partial charge on any atom is -0.497 e. The van der Waals surface area contributed by atoms with Gasteiger partial charge in [-0.2, -0.15) is 0 Å². The first-order chi connectivity index (χ1) is 14.4. The minimum atomic E-state index is -0.416. The number of nitrogens with one attached hydrogen (secondary N) is 2. The number of anilines is 2. The van der Waals surface area contributed by atoms with Gasteiger partial charge < -0.3 is 14.6 Å². The molecule has 2 aromatic heterocycles. The van der Waals surface area contributed by atoms with E-state index in [9.17, 15) is 9.59 Å². The lowest BCUT2D eigenvalue weighted by Crippen LogP contribution is -2.25. The number of fused-ring (bicyclic) bond motifs is 2. The number of urea groups is 1. The minimum absolute atomic E-state index is 0.0645. The number of pyridine rings is 1. The normalized spacial score (nSPS) is 11.2. The van der Waals surface area contributed by atoms with Gasteiger partial charge in [-0.05, 0) is 30.2 Å². The van der Waals surface area contributed by atoms with Crippen molar-refractivity contribution in [2.75, 3.05) is 17.7 Å². The Bertz CT molecular complexity index is 1290. The van der Waals surface area contributed by atoms with Crippen molar-refractivity contribution in [2.45, 2.75) is 20.4 Å². The maximum absolute atomic E-state index is 12.8. The van der Waals surface area contributed by atoms with E-state index in [0.717, 1.165) is 16.0 Å². The summed E-state index contributed by atoms with van der Waals surface area (Å²) >= 11 is 1.37. The molecule has 4 aromatic rings. The highest BCUT2D eigenvalue weighted by molar-refractivity contribution is 7.22. The Hall–Kier alpha value is -3.39. The van der Waals surface area contributed by atoms with Gasteiger partial charge in [0.2, 0.25) is 0 Å². The summed E-state index contributed by atoms with van der Waals surface area (Å²) in [7, 11) is 1.61. The molecule has 2 N–H and O–H groups in total. The van der Waals surface area contributed by atoms with Gasteiger partial charge >= 0.3 is 6.03 Å². The topological polar surface area (TPSA) is 85.2 Å². The molecule has 0 aliphatic heterocycles. The van der Waals surface area contributed by atoms with E-state index in [0.29, 0.717) is 34.1 Å². The smallest absolute Gasteiger partial charge is 0.325 e. The second-order valence-electron chi connectivity index (χ2n) is 7.37. The van der Waals surface area contributed by atoms with Crippen molar-refractivity contribution in [3.8, 4) is 5.75 Å². The predicted octanol–water partition coefficient (Wildman–Crippen LogP) is 4.92. The highest BCUT2D eigenvalue weighted by Crippen LogP contribution is 2.29. The lowest BCUT2D eigenvalue weighted by atomic mass is 10.1. The van der Waals surface area contributed by atoms with Crippen LogP contribution in [-0.2, 0) is 6.54 Å². The Balaban J connectivity index is 1.62. The zero-order chi connectivity index (χ0) is 21.3. The number of hydrogen-bond acceptors (Lipinski definition) is 5. The van der Waals surface area contributed by atoms with E-state index in [2.05, 4.69) is 15.6 Å². The molecule has 4 rings (SSSR count). The van der Waals surface area contributed by atoms with Crippen LogP contribution in [0.2, 0.25) is 0 Å². The molecule has 0 saturated carbocycles. The molecule has 0 aliphatic carbocycles. The number of thiazole rings is 1. The van der Waals surface area contributed by atoms with E-state index in [1.165, 1.54) is 11.3 Å². The van der Waals surface area contributed by atoms with Crippen LogP contribution in [0.3, 0.4) is 0 Å². The number of methoxy groups -OCH3 is 1. The Morgan fingerprint density at radius 1 is 1.17 bits per heavy atom. The number of hydrogen-bond donors (Lipinski definition) is 2. The summed E-state index contributed by atoms with van der Waals surface area (Å²) < 4.78 is 7.79. The highest BCUT2D eigenvalue weighted by Gasteiger charge is 2.13. The lowest BCUT2D eigenvalue weighted by molar-refractivity contribution is 0.262. The summed E-state index contributed by atoms with van der Waals surface area (Å²) in [5.41, 5.74) is 1.29. The molecule has 2 aromatic carbocycles. The molecule has 0 aliphatic rings. The fourth-order valence-corrected chi connectivity index (χ4v) is 4.20. The van der Waals surface area contributed by atoms with Crippen LogP contribution in [0.1, 0.15) is 13.8 Å². The van der Waals surface area contributed by atoms with E-state index in [-0.39, 0.29) is 5.56 Å². The summed E-state index contributed by atoms with van der Waals surface area (Å²) in [4.78, 5) is 29.9. The molecular formula is C22H22N4O3S. The van der Waals surface area contributed by atoms with Gasteiger partial charge in [0.1, 0.15) is 5.75 Å². The molecule has 0 bridgehead atoms. The van der Waals surface area contributed by atoms with Crippen molar-refractivity contribution in [2.24, 2.45) is 5.92 Å². The van der Waals surface area contributed by atoms with Crippen LogP contribution < -0.4 is 20.9 Å². The zero-order valence-corrected chi connectivity index (χ0v) is 17.7. The molecule has 0 atom stereocenters. The monoisotopic (exact) mass is 422 g/mol. The van der Waals surface area contributed by atoms with Crippen molar-refractivity contribution in [3.05, 3.63) is 59.0 Å². The van der Waals surface area contributed by atoms with Crippen LogP contribution in [0.25, 0.3) is 21.0 Å². The fraction of sp³-hybridized carbons (Fsp3) is 0.227. The van der Waals surface area contributed by atoms with Crippen molar-refractivity contribution in [1.29, 1.82) is 0 Å². The second-order valence-corrected chi connectivity index (χ2v) is 8.40. The molecular weight excluding hydrogens is 400 g/mol. The van der Waals surface area contributed by atoms with Crippen LogP contribution in [0.4, 0.5) is 15.6 Å². The molecule has 2 amide bonds. The van der Waals surface area contributed by atoms with Crippen molar-refractivity contribution in [3.63, 3.8) is 0 Å². The first kappa shape index (κ1) is 19.9. The first-order valence-electron chi connectivity index (χ1n) is 9.59. The van der Waals surface area contributed by atoms with Gasteiger partial charge in [0.05, 0.1) is 23.0 Å². The second kappa shape index (κ2) is 8.16. The van der Waals surface area contributed by atoms with Gasteiger partial charge in [0, 0.05) is 23.5 Å². The van der Waals surface area contributed by atoms with Gasteiger partial charge in [0.15, 0.2) is 5.13 Å². The fourth-order valence-electron chi connectivity index (χ4n) is 3.31. The van der Waals surface area contributed by atoms with Gasteiger partial charge in [-0.25, -0.2) is 9.78 Å². The molecule has 8 heteroatoms. The molecule has 154 valence electrons. The standard InChI is InChI=1S/C22H22N4O3S/c1-13(2)11-26-12-18(15-6-4-5-7-16(15)20(26)27)23-21(28)25-22-24-17-9-8-14(29-3)10-19(17)30-22/h4-10,12-13H,11H2,1-3H3,(H2,23,24,25,28). The number of benzene rings is 2. The van der Waals surface area contributed by atoms with Gasteiger partial charge in [-0.15, -0.1) is 0 Å². The number of nitrogens with zero attached hydrogens (tertiary/aromatic N) is 2. The van der Waals surface area contributed by atoms with Crippen LogP contribution in [0, 0.1) is 5.92 Å². The average molecular weight is 423 g/mol. The molecule has 7 nitrogen and oxygen atoms in total. The summed E-state index contributed by atoms with van der Waals surface area (Å²) in [6.45, 7) is 4.66. The number of carbonyl (C=O) groups is 1. The zero-order valence-electron chi connectivity index (χ0n) is 16.9. The van der Waals surface area contributed by atoms with Gasteiger partial charge in [0.25, 0.3) is 5.56 Å². The summed E-state index contributed by atoms with van der Waals surface area (Å²) in [5.74, 6) is 1.03. The molecule has 0 saturated heterocycles. The number of amides is 2. The highest BCUT2D eigenvalue weighted by atomic mass is 32.1. The van der Waals surface area contributed by atoms with Crippen molar-refractivity contribution in [1.82, 2.24) is 9.55 Å². The third kappa shape index (κ3) is 3.99. The number of carbonyl (C=O) groups excluding carboxylic acids is 1. The Morgan fingerprint density at radius 2 is 1.93 bits per heavy atom. The maximum atomic E-state index is 12.8. The Kier molecular flexibility index (Phi) is 5.41. The van der Waals surface area contributed by atoms with Crippen LogP contribution in [-0.4, -0.2) is 22.7 Å². The molecule has 2 heterocycles. The quantitative estimate of drug-likeness (QED) is 0.478. The molecule has 0 fully saturated rings. The largest absolute Gasteiger partial charge is 0.497 e. The summed E-state index contributed by atoms with van der Waals surface area (Å²) in [6.07, 6.45) is 1.70. The summed E-state index contributed by atoms with van der Waals surface area (Å²) in [6, 6.07) is 12.4. The van der Waals surface area contributed by atoms with Crippen molar-refractivity contribution >= 4 is 49.2 Å². The molecule has 0 spiro atoms. The van der Waals surface area contributed by atoms with E-state index in [4.69, 9.17) is 4.74 Å². The number of ether oxygens (including phenoxy) is 1. The van der Waals surface area contributed by atoms with Gasteiger partial charge in [-0.3, -0.25) is 10.1 Å². The van der Waals surface area contributed by atoms with Crippen LogP contribution in [0.5, 0.6) is 5.75 Å². The van der Waals surface area contributed by atoms with E-state index >= 15 is 0 Å². The first-order valence-corrected chi connectivity index (χ1v) is 10.4. The number of aromatic nitrogens is 2. The molecule has 0 unspecified atom stereocenters. The predicted molar refractivity (Wildman–Crippen MR) is 122 cm³/mol. The van der Waals surface area contributed by atoms with E-state index < -0.39 is 6.03 Å². The third-order valence-corrected chi connectivity index (χ3v) is 5.55. The Morgan fingerprint density at radius 3 is 2.67 bits per heavy atom. The average Bonchev–Trinajstić information content (AvgIpc) is 3.12. The van der Waals surface area contributed by atoms with E-state index in [1.807, 2.05) is 50.2 Å². The Labute approximate surface area is 177 Å². The van der Waals surface area contributed by atoms with Gasteiger partial charge in [-0.1, -0.05) is 43.4 Å².